The van der Waals surface area contributed by atoms with Crippen molar-refractivity contribution in [1.82, 2.24) is 19.4 Å². The van der Waals surface area contributed by atoms with E-state index in [0.717, 1.165) is 4.57 Å². The van der Waals surface area contributed by atoms with Gasteiger partial charge in [0.05, 0.1) is 0 Å². The van der Waals surface area contributed by atoms with Gasteiger partial charge in [-0.2, -0.15) is 0 Å². The summed E-state index contributed by atoms with van der Waals surface area (Å²) in [6, 6.07) is 1.76. The van der Waals surface area contributed by atoms with Crippen LogP contribution in [0.1, 0.15) is 13.8 Å². The average molecular weight is 280 g/mol. The van der Waals surface area contributed by atoms with E-state index in [1.165, 1.54) is 23.9 Å². The normalized spacial score (nSPS) is 22.9. The number of rotatable bonds is 2. The van der Waals surface area contributed by atoms with Gasteiger partial charge in [-0.25, -0.2) is 4.79 Å². The molecule has 7 heteroatoms. The molecule has 1 aromatic rings. The molecule has 7 nitrogen and oxygen atoms in total. The number of amides is 1. The van der Waals surface area contributed by atoms with Crippen molar-refractivity contribution < 1.29 is 4.79 Å². The summed E-state index contributed by atoms with van der Waals surface area (Å²) in [5.74, 6) is -0.106. The van der Waals surface area contributed by atoms with E-state index < -0.39 is 5.69 Å². The molecule has 110 valence electrons. The summed E-state index contributed by atoms with van der Waals surface area (Å²) in [5, 5.41) is 3.35. The molecule has 0 radical (unpaired) electrons. The van der Waals surface area contributed by atoms with E-state index in [1.807, 2.05) is 13.8 Å². The second kappa shape index (κ2) is 5.62. The van der Waals surface area contributed by atoms with Crippen LogP contribution in [-0.4, -0.2) is 45.1 Å². The molecule has 1 saturated heterocycles. The minimum absolute atomic E-state index is 0.0353. The average Bonchev–Trinajstić information content (AvgIpc) is 2.38. The molecule has 1 aliphatic rings. The maximum Gasteiger partial charge on any atom is 0.331 e. The number of nitrogens with one attached hydrogen (secondary N) is 1. The Balaban J connectivity index is 2.14. The Labute approximate surface area is 116 Å². The fourth-order valence-electron chi connectivity index (χ4n) is 2.51. The predicted octanol–water partition coefficient (Wildman–Crippen LogP) is -1.24. The topological polar surface area (TPSA) is 76.3 Å². The maximum atomic E-state index is 12.3. The Morgan fingerprint density at radius 2 is 1.90 bits per heavy atom. The van der Waals surface area contributed by atoms with Crippen molar-refractivity contribution in [2.75, 3.05) is 13.1 Å². The zero-order valence-electron chi connectivity index (χ0n) is 12.0. The van der Waals surface area contributed by atoms with Gasteiger partial charge in [0.2, 0.25) is 5.91 Å². The zero-order chi connectivity index (χ0) is 14.9. The van der Waals surface area contributed by atoms with E-state index in [4.69, 9.17) is 0 Å². The standard InChI is InChI=1S/C13H20N4O3/c1-9-6-17(7-10(2)14-9)12(19)8-16-5-4-11(18)15(3)13(16)20/h4-5,9-10,14H,6-8H2,1-3H3. The highest BCUT2D eigenvalue weighted by molar-refractivity contribution is 5.76. The van der Waals surface area contributed by atoms with E-state index in [2.05, 4.69) is 5.32 Å². The smallest absolute Gasteiger partial charge is 0.331 e. The molecule has 1 aromatic heterocycles. The molecule has 0 aromatic carbocycles. The van der Waals surface area contributed by atoms with Gasteiger partial charge in [-0.3, -0.25) is 18.7 Å². The van der Waals surface area contributed by atoms with Crippen molar-refractivity contribution in [3.63, 3.8) is 0 Å². The first kappa shape index (κ1) is 14.5. The summed E-state index contributed by atoms with van der Waals surface area (Å²) in [5.41, 5.74) is -0.842. The number of carbonyl (C=O) groups excluding carboxylic acids is 1. The molecular formula is C13H20N4O3. The molecule has 20 heavy (non-hydrogen) atoms. The lowest BCUT2D eigenvalue weighted by Gasteiger charge is -2.36. The molecule has 1 fully saturated rings. The van der Waals surface area contributed by atoms with Crippen LogP contribution in [-0.2, 0) is 18.4 Å². The molecule has 0 saturated carbocycles. The summed E-state index contributed by atoms with van der Waals surface area (Å²) in [7, 11) is 1.40. The molecule has 1 N–H and O–H groups in total. The lowest BCUT2D eigenvalue weighted by molar-refractivity contribution is -0.133. The lowest BCUT2D eigenvalue weighted by atomic mass is 10.1. The van der Waals surface area contributed by atoms with Gasteiger partial charge in [-0.15, -0.1) is 0 Å². The SMILES string of the molecule is CC1CN(C(=O)Cn2ccc(=O)n(C)c2=O)CC(C)N1. The second-order valence-electron chi connectivity index (χ2n) is 5.39. The summed E-state index contributed by atoms with van der Waals surface area (Å²) in [4.78, 5) is 37.2. The Hall–Kier alpha value is -1.89. The van der Waals surface area contributed by atoms with Gasteiger partial charge in [0.25, 0.3) is 5.56 Å². The van der Waals surface area contributed by atoms with E-state index in [9.17, 15) is 14.4 Å². The van der Waals surface area contributed by atoms with Gasteiger partial charge in [-0.1, -0.05) is 0 Å². The molecule has 0 aliphatic carbocycles. The van der Waals surface area contributed by atoms with Crippen molar-refractivity contribution in [1.29, 1.82) is 0 Å². The molecule has 2 heterocycles. The van der Waals surface area contributed by atoms with Crippen molar-refractivity contribution in [2.24, 2.45) is 7.05 Å². The number of carbonyl (C=O) groups is 1. The van der Waals surface area contributed by atoms with Gasteiger partial charge in [0.1, 0.15) is 6.54 Å². The highest BCUT2D eigenvalue weighted by atomic mass is 16.2. The van der Waals surface area contributed by atoms with E-state index in [1.54, 1.807) is 4.90 Å². The Bertz CT molecular complexity index is 609. The number of hydrogen-bond donors (Lipinski definition) is 1. The minimum atomic E-state index is -0.470. The Kier molecular flexibility index (Phi) is 4.08. The number of nitrogens with zero attached hydrogens (tertiary/aromatic N) is 3. The van der Waals surface area contributed by atoms with Gasteiger partial charge < -0.3 is 10.2 Å². The van der Waals surface area contributed by atoms with Crippen LogP contribution in [0.4, 0.5) is 0 Å². The molecule has 1 aliphatic heterocycles. The highest BCUT2D eigenvalue weighted by Crippen LogP contribution is 2.04. The van der Waals surface area contributed by atoms with Crippen LogP contribution in [0.15, 0.2) is 21.9 Å². The van der Waals surface area contributed by atoms with Crippen LogP contribution in [0.2, 0.25) is 0 Å². The van der Waals surface area contributed by atoms with Crippen LogP contribution < -0.4 is 16.6 Å². The largest absolute Gasteiger partial charge is 0.338 e. The number of hydrogen-bond acceptors (Lipinski definition) is 4. The van der Waals surface area contributed by atoms with Crippen LogP contribution in [0, 0.1) is 0 Å². The fraction of sp³-hybridized carbons (Fsp3) is 0.615. The van der Waals surface area contributed by atoms with Crippen LogP contribution in [0.3, 0.4) is 0 Å². The van der Waals surface area contributed by atoms with Crippen molar-refractivity contribution in [2.45, 2.75) is 32.5 Å². The second-order valence-corrected chi connectivity index (χ2v) is 5.39. The monoisotopic (exact) mass is 280 g/mol. The fourth-order valence-corrected chi connectivity index (χ4v) is 2.51. The first-order valence-corrected chi connectivity index (χ1v) is 6.69. The van der Waals surface area contributed by atoms with Crippen molar-refractivity contribution in [3.8, 4) is 0 Å². The third kappa shape index (κ3) is 2.98. The van der Waals surface area contributed by atoms with E-state index >= 15 is 0 Å². The van der Waals surface area contributed by atoms with E-state index in [0.29, 0.717) is 13.1 Å². The molecule has 2 atom stereocenters. The van der Waals surface area contributed by atoms with Crippen molar-refractivity contribution in [3.05, 3.63) is 33.1 Å². The molecule has 2 rings (SSSR count). The number of aromatic nitrogens is 2. The van der Waals surface area contributed by atoms with Crippen LogP contribution in [0.25, 0.3) is 0 Å². The first-order valence-electron chi connectivity index (χ1n) is 6.69. The molecular weight excluding hydrogens is 260 g/mol. The van der Waals surface area contributed by atoms with Crippen molar-refractivity contribution >= 4 is 5.91 Å². The molecule has 0 spiro atoms. The third-order valence-corrected chi connectivity index (χ3v) is 3.48. The minimum Gasteiger partial charge on any atom is -0.338 e. The summed E-state index contributed by atoms with van der Waals surface area (Å²) in [6.45, 7) is 5.27. The van der Waals surface area contributed by atoms with Crippen LogP contribution in [0.5, 0.6) is 0 Å². The first-order chi connectivity index (χ1) is 9.38. The van der Waals surface area contributed by atoms with Gasteiger partial charge in [0, 0.05) is 44.5 Å². The van der Waals surface area contributed by atoms with Crippen LogP contribution >= 0.6 is 0 Å². The molecule has 0 bridgehead atoms. The van der Waals surface area contributed by atoms with Gasteiger partial charge in [0.15, 0.2) is 0 Å². The predicted molar refractivity (Wildman–Crippen MR) is 74.6 cm³/mol. The molecule has 2 unspecified atom stereocenters. The summed E-state index contributed by atoms with van der Waals surface area (Å²) < 4.78 is 2.26. The summed E-state index contributed by atoms with van der Waals surface area (Å²) >= 11 is 0. The number of piperazine rings is 1. The quantitative estimate of drug-likeness (QED) is 0.735. The Morgan fingerprint density at radius 1 is 1.30 bits per heavy atom. The lowest BCUT2D eigenvalue weighted by Crippen LogP contribution is -2.56. The van der Waals surface area contributed by atoms with Gasteiger partial charge >= 0.3 is 5.69 Å². The van der Waals surface area contributed by atoms with Gasteiger partial charge in [-0.05, 0) is 13.8 Å². The zero-order valence-corrected chi connectivity index (χ0v) is 12.0. The Morgan fingerprint density at radius 3 is 2.50 bits per heavy atom. The summed E-state index contributed by atoms with van der Waals surface area (Å²) in [6.07, 6.45) is 1.37. The third-order valence-electron chi connectivity index (χ3n) is 3.48. The highest BCUT2D eigenvalue weighted by Gasteiger charge is 2.24. The maximum absolute atomic E-state index is 12.3. The van der Waals surface area contributed by atoms with E-state index in [-0.39, 0.29) is 30.1 Å². The molecule has 1 amide bonds.